The molecule has 6 heteroatoms. The second-order valence-corrected chi connectivity index (χ2v) is 5.27. The van der Waals surface area contributed by atoms with Gasteiger partial charge in [0.15, 0.2) is 5.76 Å². The molecule has 0 aliphatic carbocycles. The summed E-state index contributed by atoms with van der Waals surface area (Å²) >= 11 is 0. The molecule has 0 radical (unpaired) electrons. The molecule has 5 N–H and O–H groups in total. The SMILES string of the molecule is N=C(N)c1ccc2oc(C(=O)NC3CCNCC3)cc2c1. The lowest BCUT2D eigenvalue weighted by Gasteiger charge is -2.23. The molecule has 0 bridgehead atoms. The maximum absolute atomic E-state index is 12.2. The number of fused-ring (bicyclic) bond motifs is 1. The molecule has 1 aromatic carbocycles. The summed E-state index contributed by atoms with van der Waals surface area (Å²) < 4.78 is 5.57. The lowest BCUT2D eigenvalue weighted by atomic mass is 10.1. The number of rotatable bonds is 3. The molecule has 21 heavy (non-hydrogen) atoms. The van der Waals surface area contributed by atoms with E-state index in [1.807, 2.05) is 0 Å². The molecule has 0 atom stereocenters. The van der Waals surface area contributed by atoms with E-state index >= 15 is 0 Å². The molecule has 1 aromatic heterocycles. The molecule has 2 heterocycles. The average molecular weight is 286 g/mol. The Morgan fingerprint density at radius 1 is 1.33 bits per heavy atom. The fraction of sp³-hybridized carbons (Fsp3) is 0.333. The quantitative estimate of drug-likeness (QED) is 0.502. The van der Waals surface area contributed by atoms with Gasteiger partial charge in [-0.1, -0.05) is 0 Å². The van der Waals surface area contributed by atoms with E-state index in [0.29, 0.717) is 16.9 Å². The molecule has 1 aliphatic rings. The number of amides is 1. The van der Waals surface area contributed by atoms with E-state index < -0.39 is 0 Å². The van der Waals surface area contributed by atoms with Crippen molar-refractivity contribution < 1.29 is 9.21 Å². The highest BCUT2D eigenvalue weighted by molar-refractivity contribution is 6.00. The molecular formula is C15H18N4O2. The van der Waals surface area contributed by atoms with E-state index in [1.165, 1.54) is 0 Å². The summed E-state index contributed by atoms with van der Waals surface area (Å²) in [5.41, 5.74) is 6.70. The van der Waals surface area contributed by atoms with Crippen LogP contribution in [0, 0.1) is 5.41 Å². The molecule has 1 amide bonds. The standard InChI is InChI=1S/C15H18N4O2/c16-14(17)9-1-2-12-10(7-9)8-13(21-12)15(20)19-11-3-5-18-6-4-11/h1-2,7-8,11,18H,3-6H2,(H3,16,17)(H,19,20). The number of amidine groups is 1. The Morgan fingerprint density at radius 2 is 2.10 bits per heavy atom. The Bertz CT molecular complexity index is 686. The first-order valence-electron chi connectivity index (χ1n) is 7.03. The normalized spacial score (nSPS) is 16.0. The predicted molar refractivity (Wildman–Crippen MR) is 80.6 cm³/mol. The summed E-state index contributed by atoms with van der Waals surface area (Å²) in [5.74, 6) is 0.102. The fourth-order valence-electron chi connectivity index (χ4n) is 2.55. The van der Waals surface area contributed by atoms with E-state index in [1.54, 1.807) is 24.3 Å². The minimum absolute atomic E-state index is 0.00110. The van der Waals surface area contributed by atoms with E-state index in [9.17, 15) is 4.79 Å². The number of hydrogen-bond donors (Lipinski definition) is 4. The smallest absolute Gasteiger partial charge is 0.287 e. The van der Waals surface area contributed by atoms with Crippen molar-refractivity contribution in [1.82, 2.24) is 10.6 Å². The first kappa shape index (κ1) is 13.6. The first-order chi connectivity index (χ1) is 10.1. The summed E-state index contributed by atoms with van der Waals surface area (Å²) in [5, 5.41) is 14.5. The summed E-state index contributed by atoms with van der Waals surface area (Å²) in [6.45, 7) is 1.85. The minimum Gasteiger partial charge on any atom is -0.451 e. The van der Waals surface area contributed by atoms with Crippen LogP contribution in [0.1, 0.15) is 29.0 Å². The number of furan rings is 1. The molecule has 0 saturated carbocycles. The van der Waals surface area contributed by atoms with Gasteiger partial charge >= 0.3 is 0 Å². The van der Waals surface area contributed by atoms with Gasteiger partial charge in [-0.25, -0.2) is 0 Å². The van der Waals surface area contributed by atoms with E-state index in [0.717, 1.165) is 31.3 Å². The number of benzene rings is 1. The number of carbonyl (C=O) groups excluding carboxylic acids is 1. The van der Waals surface area contributed by atoms with Gasteiger partial charge in [-0.3, -0.25) is 10.2 Å². The Labute approximate surface area is 122 Å². The van der Waals surface area contributed by atoms with Crippen molar-refractivity contribution in [2.24, 2.45) is 5.73 Å². The second kappa shape index (κ2) is 5.57. The number of nitrogens with two attached hydrogens (primary N) is 1. The molecule has 6 nitrogen and oxygen atoms in total. The number of nitrogens with one attached hydrogen (secondary N) is 3. The van der Waals surface area contributed by atoms with Crippen molar-refractivity contribution in [3.8, 4) is 0 Å². The summed E-state index contributed by atoms with van der Waals surface area (Å²) in [7, 11) is 0. The van der Waals surface area contributed by atoms with Crippen molar-refractivity contribution >= 4 is 22.7 Å². The van der Waals surface area contributed by atoms with E-state index in [2.05, 4.69) is 10.6 Å². The zero-order chi connectivity index (χ0) is 14.8. The highest BCUT2D eigenvalue weighted by atomic mass is 16.3. The van der Waals surface area contributed by atoms with Crippen molar-refractivity contribution in [2.75, 3.05) is 13.1 Å². The van der Waals surface area contributed by atoms with Crippen LogP contribution in [0.15, 0.2) is 28.7 Å². The van der Waals surface area contributed by atoms with E-state index in [4.69, 9.17) is 15.6 Å². The lowest BCUT2D eigenvalue weighted by molar-refractivity contribution is 0.0903. The molecule has 1 fully saturated rings. The Kier molecular flexibility index (Phi) is 3.62. The van der Waals surface area contributed by atoms with Crippen LogP contribution >= 0.6 is 0 Å². The molecule has 0 unspecified atom stereocenters. The first-order valence-corrected chi connectivity index (χ1v) is 7.03. The number of nitrogen functional groups attached to an aromatic ring is 1. The van der Waals surface area contributed by atoms with Crippen LogP contribution in [0.2, 0.25) is 0 Å². The third-order valence-corrected chi connectivity index (χ3v) is 3.73. The molecule has 2 aromatic rings. The molecule has 1 aliphatic heterocycles. The van der Waals surface area contributed by atoms with Gasteiger partial charge in [0.1, 0.15) is 11.4 Å². The van der Waals surface area contributed by atoms with Crippen LogP contribution in [0.5, 0.6) is 0 Å². The third kappa shape index (κ3) is 2.90. The topological polar surface area (TPSA) is 104 Å². The van der Waals surface area contributed by atoms with Gasteiger partial charge in [0, 0.05) is 17.0 Å². The highest BCUT2D eigenvalue weighted by Gasteiger charge is 2.19. The molecule has 1 saturated heterocycles. The van der Waals surface area contributed by atoms with Gasteiger partial charge in [-0.05, 0) is 50.2 Å². The van der Waals surface area contributed by atoms with Gasteiger partial charge < -0.3 is 20.8 Å². The zero-order valence-corrected chi connectivity index (χ0v) is 11.6. The van der Waals surface area contributed by atoms with Crippen LogP contribution in [0.3, 0.4) is 0 Å². The van der Waals surface area contributed by atoms with Crippen LogP contribution in [-0.2, 0) is 0 Å². The monoisotopic (exact) mass is 286 g/mol. The maximum atomic E-state index is 12.2. The van der Waals surface area contributed by atoms with Crippen LogP contribution in [-0.4, -0.2) is 30.9 Å². The Balaban J connectivity index is 1.79. The maximum Gasteiger partial charge on any atom is 0.287 e. The molecule has 3 rings (SSSR count). The van der Waals surface area contributed by atoms with Gasteiger partial charge in [0.05, 0.1) is 0 Å². The van der Waals surface area contributed by atoms with Crippen LogP contribution in [0.25, 0.3) is 11.0 Å². The molecule has 0 spiro atoms. The predicted octanol–water partition coefficient (Wildman–Crippen LogP) is 1.20. The summed E-state index contributed by atoms with van der Waals surface area (Å²) in [6.07, 6.45) is 1.86. The molecular weight excluding hydrogens is 268 g/mol. The van der Waals surface area contributed by atoms with Crippen molar-refractivity contribution in [1.29, 1.82) is 5.41 Å². The van der Waals surface area contributed by atoms with Crippen molar-refractivity contribution in [3.63, 3.8) is 0 Å². The van der Waals surface area contributed by atoms with Crippen molar-refractivity contribution in [3.05, 3.63) is 35.6 Å². The summed E-state index contributed by atoms with van der Waals surface area (Å²) in [4.78, 5) is 12.2. The number of hydrogen-bond acceptors (Lipinski definition) is 4. The molecule has 110 valence electrons. The summed E-state index contributed by atoms with van der Waals surface area (Å²) in [6, 6.07) is 7.08. The van der Waals surface area contributed by atoms with E-state index in [-0.39, 0.29) is 17.8 Å². The Hall–Kier alpha value is -2.34. The van der Waals surface area contributed by atoms with Gasteiger partial charge in [-0.2, -0.15) is 0 Å². The van der Waals surface area contributed by atoms with Gasteiger partial charge in [-0.15, -0.1) is 0 Å². The minimum atomic E-state index is -0.192. The third-order valence-electron chi connectivity index (χ3n) is 3.73. The van der Waals surface area contributed by atoms with Crippen LogP contribution in [0.4, 0.5) is 0 Å². The number of piperidine rings is 1. The zero-order valence-electron chi connectivity index (χ0n) is 11.6. The van der Waals surface area contributed by atoms with Crippen molar-refractivity contribution in [2.45, 2.75) is 18.9 Å². The average Bonchev–Trinajstić information content (AvgIpc) is 2.91. The van der Waals surface area contributed by atoms with Crippen LogP contribution < -0.4 is 16.4 Å². The van der Waals surface area contributed by atoms with Gasteiger partial charge in [0.25, 0.3) is 5.91 Å². The Morgan fingerprint density at radius 3 is 2.81 bits per heavy atom. The highest BCUT2D eigenvalue weighted by Crippen LogP contribution is 2.21. The van der Waals surface area contributed by atoms with Gasteiger partial charge in [0.2, 0.25) is 0 Å². The largest absolute Gasteiger partial charge is 0.451 e. The fourth-order valence-corrected chi connectivity index (χ4v) is 2.55. The number of carbonyl (C=O) groups is 1. The lowest BCUT2D eigenvalue weighted by Crippen LogP contribution is -2.42. The second-order valence-electron chi connectivity index (χ2n) is 5.27.